The summed E-state index contributed by atoms with van der Waals surface area (Å²) in [7, 11) is -3.27. The first kappa shape index (κ1) is 29.7. The van der Waals surface area contributed by atoms with Crippen molar-refractivity contribution < 1.29 is 44.3 Å². The predicted octanol–water partition coefficient (Wildman–Crippen LogP) is 3.77. The first-order valence-electron chi connectivity index (χ1n) is 12.6. The van der Waals surface area contributed by atoms with Gasteiger partial charge in [-0.25, -0.2) is 17.5 Å². The zero-order valence-corrected chi connectivity index (χ0v) is 22.5. The third-order valence-electron chi connectivity index (χ3n) is 7.83. The minimum Gasteiger partial charge on any atom is -0.437 e. The molecule has 3 fully saturated rings. The van der Waals surface area contributed by atoms with Crippen LogP contribution >= 0.6 is 0 Å². The van der Waals surface area contributed by atoms with Gasteiger partial charge in [0.2, 0.25) is 10.0 Å². The molecule has 1 spiro atoms. The second kappa shape index (κ2) is 10.6. The summed E-state index contributed by atoms with van der Waals surface area (Å²) in [5.74, 6) is 0. The van der Waals surface area contributed by atoms with E-state index in [0.717, 1.165) is 25.3 Å². The van der Waals surface area contributed by atoms with Gasteiger partial charge in [0.25, 0.3) is 0 Å². The molecule has 0 N–H and O–H groups in total. The largest absolute Gasteiger partial charge is 0.437 e. The van der Waals surface area contributed by atoms with E-state index in [0.29, 0.717) is 69.9 Å². The van der Waals surface area contributed by atoms with Gasteiger partial charge in [-0.3, -0.25) is 4.90 Å². The summed E-state index contributed by atoms with van der Waals surface area (Å²) in [6, 6.07) is 3.62. The maximum atomic E-state index is 13.5. The predicted molar refractivity (Wildman–Crippen MR) is 131 cm³/mol. The number of ether oxygens (including phenoxy) is 1. The number of benzene rings is 1. The zero-order valence-electron chi connectivity index (χ0n) is 21.7. The molecule has 0 bridgehead atoms. The molecule has 1 amide bonds. The summed E-state index contributed by atoms with van der Waals surface area (Å²) >= 11 is 0. The maximum Gasteiger partial charge on any atom is 0.425 e. The minimum atomic E-state index is -4.66. The van der Waals surface area contributed by atoms with Crippen LogP contribution in [-0.2, 0) is 27.5 Å². The van der Waals surface area contributed by atoms with Gasteiger partial charge in [-0.2, -0.15) is 26.3 Å². The lowest BCUT2D eigenvalue weighted by atomic mass is 9.73. The molecule has 1 aromatic rings. The quantitative estimate of drug-likeness (QED) is 0.490. The number of halogens is 6. The van der Waals surface area contributed by atoms with Gasteiger partial charge in [-0.05, 0) is 37.5 Å². The Morgan fingerprint density at radius 3 is 2.10 bits per heavy atom. The van der Waals surface area contributed by atoms with E-state index in [1.54, 1.807) is 0 Å². The van der Waals surface area contributed by atoms with Crippen LogP contribution in [-0.4, -0.2) is 99.5 Å². The van der Waals surface area contributed by atoms with Crippen LogP contribution in [0.5, 0.6) is 0 Å². The number of alkyl halides is 6. The molecule has 8 nitrogen and oxygen atoms in total. The van der Waals surface area contributed by atoms with Crippen molar-refractivity contribution in [2.75, 3.05) is 63.5 Å². The summed E-state index contributed by atoms with van der Waals surface area (Å²) in [4.78, 5) is 17.1. The highest BCUT2D eigenvalue weighted by molar-refractivity contribution is 7.88. The van der Waals surface area contributed by atoms with Crippen molar-refractivity contribution in [3.8, 4) is 0 Å². The van der Waals surface area contributed by atoms with Crippen LogP contribution in [0, 0.1) is 5.41 Å². The Hall–Kier alpha value is -2.26. The normalized spacial score (nSPS) is 22.1. The van der Waals surface area contributed by atoms with E-state index in [-0.39, 0.29) is 18.5 Å². The Balaban J connectivity index is 1.40. The number of nitrogens with zero attached hydrogens (tertiary/aromatic N) is 4. The van der Waals surface area contributed by atoms with Crippen molar-refractivity contribution in [1.82, 2.24) is 14.1 Å². The van der Waals surface area contributed by atoms with E-state index in [9.17, 15) is 39.6 Å². The first-order valence-corrected chi connectivity index (χ1v) is 14.5. The number of anilines is 1. The Kier molecular flexibility index (Phi) is 8.09. The molecule has 3 aliphatic heterocycles. The number of piperidine rings is 1. The Morgan fingerprint density at radius 1 is 1.00 bits per heavy atom. The molecule has 15 heteroatoms. The van der Waals surface area contributed by atoms with Gasteiger partial charge in [0.05, 0.1) is 11.8 Å². The molecule has 3 aliphatic rings. The highest BCUT2D eigenvalue weighted by Gasteiger charge is 2.48. The molecule has 0 radical (unpaired) electrons. The fourth-order valence-electron chi connectivity index (χ4n) is 5.26. The van der Waals surface area contributed by atoms with Crippen molar-refractivity contribution in [3.05, 3.63) is 29.3 Å². The number of piperazine rings is 1. The van der Waals surface area contributed by atoms with E-state index in [1.165, 1.54) is 15.3 Å². The molecular weight excluding hydrogens is 554 g/mol. The van der Waals surface area contributed by atoms with Crippen LogP contribution < -0.4 is 4.90 Å². The summed E-state index contributed by atoms with van der Waals surface area (Å²) in [5, 5.41) is 0. The van der Waals surface area contributed by atoms with Crippen LogP contribution in [0.1, 0.15) is 30.9 Å². The van der Waals surface area contributed by atoms with Gasteiger partial charge in [-0.1, -0.05) is 6.07 Å². The van der Waals surface area contributed by atoms with Gasteiger partial charge in [-0.15, -0.1) is 0 Å². The lowest BCUT2D eigenvalue weighted by Crippen LogP contribution is -2.61. The second-order valence-electron chi connectivity index (χ2n) is 10.7. The standard InChI is InChI=1S/C24H32F6N4O4S/c1-17(23(25,26)27)38-21(35)33-11-9-31(10-12-33)14-18-3-4-19(24(28,29)30)13-20(18)32-7-5-22(6-8-32)15-34(16-22)39(2,36)37/h3-4,13,17H,5-12,14-16H2,1-2H3. The Morgan fingerprint density at radius 2 is 1.59 bits per heavy atom. The molecule has 0 aromatic heterocycles. The van der Waals surface area contributed by atoms with Crippen LogP contribution in [0.2, 0.25) is 0 Å². The molecule has 3 saturated heterocycles. The van der Waals surface area contributed by atoms with Crippen molar-refractivity contribution in [2.45, 2.75) is 44.8 Å². The summed E-state index contributed by atoms with van der Waals surface area (Å²) in [6.45, 7) is 3.78. The van der Waals surface area contributed by atoms with Crippen LogP contribution in [0.25, 0.3) is 0 Å². The van der Waals surface area contributed by atoms with Crippen LogP contribution in [0.4, 0.5) is 36.8 Å². The monoisotopic (exact) mass is 586 g/mol. The highest BCUT2D eigenvalue weighted by Crippen LogP contribution is 2.43. The van der Waals surface area contributed by atoms with Gasteiger partial charge in [0, 0.05) is 70.0 Å². The molecule has 220 valence electrons. The Labute approximate surface area is 223 Å². The molecule has 1 atom stereocenters. The number of hydrogen-bond donors (Lipinski definition) is 0. The van der Waals surface area contributed by atoms with Crippen molar-refractivity contribution in [2.24, 2.45) is 5.41 Å². The van der Waals surface area contributed by atoms with Crippen molar-refractivity contribution in [1.29, 1.82) is 0 Å². The first-order chi connectivity index (χ1) is 18.0. The average Bonchev–Trinajstić information content (AvgIpc) is 2.81. The molecule has 39 heavy (non-hydrogen) atoms. The maximum absolute atomic E-state index is 13.5. The lowest BCUT2D eigenvalue weighted by Gasteiger charge is -2.53. The Bertz CT molecular complexity index is 1150. The topological polar surface area (TPSA) is 73.4 Å². The summed E-state index contributed by atoms with van der Waals surface area (Å²) in [6.07, 6.45) is -9.98. The molecule has 3 heterocycles. The molecule has 4 rings (SSSR count). The fourth-order valence-corrected chi connectivity index (χ4v) is 6.28. The SMILES string of the molecule is CC(OC(=O)N1CCN(Cc2ccc(C(F)(F)F)cc2N2CCC3(CC2)CN(S(C)(=O)=O)C3)CC1)C(F)(F)F. The number of rotatable bonds is 5. The number of hydrogen-bond acceptors (Lipinski definition) is 6. The van der Waals surface area contributed by atoms with Crippen LogP contribution in [0.3, 0.4) is 0 Å². The zero-order chi connectivity index (χ0) is 28.8. The van der Waals surface area contributed by atoms with Crippen molar-refractivity contribution >= 4 is 21.8 Å². The molecule has 1 unspecified atom stereocenters. The minimum absolute atomic E-state index is 0.127. The third-order valence-corrected chi connectivity index (χ3v) is 9.03. The van der Waals surface area contributed by atoms with Gasteiger partial charge < -0.3 is 14.5 Å². The van der Waals surface area contributed by atoms with E-state index >= 15 is 0 Å². The van der Waals surface area contributed by atoms with E-state index < -0.39 is 40.1 Å². The molecule has 0 aliphatic carbocycles. The number of amides is 1. The van der Waals surface area contributed by atoms with Gasteiger partial charge >= 0.3 is 18.4 Å². The smallest absolute Gasteiger partial charge is 0.425 e. The molecular formula is C24H32F6N4O4S. The number of carbonyl (C=O) groups excluding carboxylic acids is 1. The summed E-state index contributed by atoms with van der Waals surface area (Å²) in [5.41, 5.74) is 0.210. The fraction of sp³-hybridized carbons (Fsp3) is 0.708. The third kappa shape index (κ3) is 6.91. The van der Waals surface area contributed by atoms with E-state index in [4.69, 9.17) is 0 Å². The van der Waals surface area contributed by atoms with E-state index in [1.807, 2.05) is 9.80 Å². The van der Waals surface area contributed by atoms with Gasteiger partial charge in [0.15, 0.2) is 6.10 Å². The summed E-state index contributed by atoms with van der Waals surface area (Å²) < 4.78 is 108. The second-order valence-corrected chi connectivity index (χ2v) is 12.7. The van der Waals surface area contributed by atoms with Gasteiger partial charge in [0.1, 0.15) is 0 Å². The highest BCUT2D eigenvalue weighted by atomic mass is 32.2. The number of sulfonamides is 1. The lowest BCUT2D eigenvalue weighted by molar-refractivity contribution is -0.200. The van der Waals surface area contributed by atoms with E-state index in [2.05, 4.69) is 4.74 Å². The van der Waals surface area contributed by atoms with Crippen molar-refractivity contribution in [3.63, 3.8) is 0 Å². The molecule has 1 aromatic carbocycles. The molecule has 0 saturated carbocycles. The van der Waals surface area contributed by atoms with Crippen LogP contribution in [0.15, 0.2) is 18.2 Å². The number of carbonyl (C=O) groups is 1. The average molecular weight is 587 g/mol.